The van der Waals surface area contributed by atoms with Gasteiger partial charge in [0.25, 0.3) is 0 Å². The second kappa shape index (κ2) is 8.07. The Morgan fingerprint density at radius 1 is 1.07 bits per heavy atom. The number of hydrogen-bond donors (Lipinski definition) is 1. The van der Waals surface area contributed by atoms with Crippen LogP contribution in [-0.2, 0) is 14.8 Å². The predicted octanol–water partition coefficient (Wildman–Crippen LogP) is 3.23. The average Bonchev–Trinajstić information content (AvgIpc) is 3.07. The molecule has 1 amide bonds. The number of aryl methyl sites for hydroxylation is 2. The second-order valence-corrected chi connectivity index (χ2v) is 9.32. The second-order valence-electron chi connectivity index (χ2n) is 6.44. The highest BCUT2D eigenvalue weighted by atomic mass is 32.2. The topological polar surface area (TPSA) is 92.3 Å². The molecule has 0 atom stereocenters. The fourth-order valence-corrected chi connectivity index (χ4v) is 4.17. The van der Waals surface area contributed by atoms with Crippen LogP contribution in [0, 0.1) is 13.8 Å². The van der Waals surface area contributed by atoms with Gasteiger partial charge in [-0.05, 0) is 31.5 Å². The third-order valence-corrected chi connectivity index (χ3v) is 5.98. The minimum atomic E-state index is -3.62. The Balaban J connectivity index is 1.74. The molecule has 146 valence electrons. The van der Waals surface area contributed by atoms with Crippen LogP contribution in [0.5, 0.6) is 0 Å². The van der Waals surface area contributed by atoms with Gasteiger partial charge in [-0.1, -0.05) is 53.3 Å². The van der Waals surface area contributed by atoms with E-state index in [2.05, 4.69) is 15.5 Å². The van der Waals surface area contributed by atoms with Crippen molar-refractivity contribution >= 4 is 38.1 Å². The van der Waals surface area contributed by atoms with Gasteiger partial charge < -0.3 is 0 Å². The highest BCUT2D eigenvalue weighted by Crippen LogP contribution is 2.26. The van der Waals surface area contributed by atoms with E-state index in [9.17, 15) is 13.2 Å². The first-order chi connectivity index (χ1) is 13.2. The number of carbonyl (C=O) groups is 1. The summed E-state index contributed by atoms with van der Waals surface area (Å²) in [7, 11) is -3.62. The lowest BCUT2D eigenvalue weighted by molar-refractivity contribution is -0.114. The summed E-state index contributed by atoms with van der Waals surface area (Å²) in [6.07, 6.45) is 1.07. The van der Waals surface area contributed by atoms with Crippen LogP contribution < -0.4 is 9.62 Å². The number of hydrogen-bond acceptors (Lipinski definition) is 6. The minimum Gasteiger partial charge on any atom is -0.299 e. The highest BCUT2D eigenvalue weighted by molar-refractivity contribution is 7.92. The maximum absolute atomic E-state index is 12.4. The molecule has 28 heavy (non-hydrogen) atoms. The van der Waals surface area contributed by atoms with E-state index in [4.69, 9.17) is 0 Å². The van der Waals surface area contributed by atoms with Gasteiger partial charge >= 0.3 is 0 Å². The molecule has 0 unspecified atom stereocenters. The normalized spacial score (nSPS) is 11.2. The quantitative estimate of drug-likeness (QED) is 0.666. The first kappa shape index (κ1) is 20.0. The van der Waals surface area contributed by atoms with Crippen molar-refractivity contribution in [2.24, 2.45) is 0 Å². The van der Waals surface area contributed by atoms with Crippen molar-refractivity contribution < 1.29 is 13.2 Å². The van der Waals surface area contributed by atoms with E-state index in [0.29, 0.717) is 15.8 Å². The van der Waals surface area contributed by atoms with Crippen LogP contribution >= 0.6 is 11.3 Å². The Hall–Kier alpha value is -2.78. The Bertz CT molecular complexity index is 1090. The van der Waals surface area contributed by atoms with Crippen LogP contribution in [-0.4, -0.2) is 37.3 Å². The lowest BCUT2D eigenvalue weighted by Gasteiger charge is -2.21. The van der Waals surface area contributed by atoms with Gasteiger partial charge in [-0.15, -0.1) is 10.2 Å². The molecule has 1 aromatic heterocycles. The summed E-state index contributed by atoms with van der Waals surface area (Å²) in [5.41, 5.74) is 3.38. The standard InChI is InChI=1S/C19H20N4O3S2/c1-13-7-9-15(10-8-13)18-21-22-19(27-18)20-17(24)12-23(28(3,25)26)16-6-4-5-14(2)11-16/h4-11H,12H2,1-3H3,(H,20,22,24). The number of amides is 1. The van der Waals surface area contributed by atoms with Gasteiger partial charge in [0, 0.05) is 5.56 Å². The van der Waals surface area contributed by atoms with E-state index in [1.165, 1.54) is 11.3 Å². The average molecular weight is 417 g/mol. The van der Waals surface area contributed by atoms with Crippen molar-refractivity contribution in [3.05, 3.63) is 59.7 Å². The van der Waals surface area contributed by atoms with Crippen LogP contribution in [0.25, 0.3) is 10.6 Å². The number of nitrogens with zero attached hydrogens (tertiary/aromatic N) is 3. The largest absolute Gasteiger partial charge is 0.299 e. The van der Waals surface area contributed by atoms with Crippen LogP contribution in [0.3, 0.4) is 0 Å². The van der Waals surface area contributed by atoms with E-state index >= 15 is 0 Å². The summed E-state index contributed by atoms with van der Waals surface area (Å²) >= 11 is 1.23. The summed E-state index contributed by atoms with van der Waals surface area (Å²) in [6.45, 7) is 3.51. The smallest absolute Gasteiger partial charge is 0.246 e. The third kappa shape index (κ3) is 4.93. The number of anilines is 2. The van der Waals surface area contributed by atoms with Crippen molar-refractivity contribution in [2.75, 3.05) is 22.4 Å². The molecule has 2 aromatic carbocycles. The minimum absolute atomic E-state index is 0.318. The monoisotopic (exact) mass is 416 g/mol. The van der Waals surface area contributed by atoms with Crippen LogP contribution in [0.4, 0.5) is 10.8 Å². The number of nitrogens with one attached hydrogen (secondary N) is 1. The molecule has 0 spiro atoms. The first-order valence-electron chi connectivity index (χ1n) is 8.47. The summed E-state index contributed by atoms with van der Waals surface area (Å²) in [5.74, 6) is -0.487. The molecule has 0 radical (unpaired) electrons. The Kier molecular flexibility index (Phi) is 5.76. The zero-order valence-electron chi connectivity index (χ0n) is 15.7. The SMILES string of the molecule is Cc1ccc(-c2nnc(NC(=O)CN(c3cccc(C)c3)S(C)(=O)=O)s2)cc1. The number of aromatic nitrogens is 2. The molecule has 3 aromatic rings. The zero-order chi connectivity index (χ0) is 20.3. The van der Waals surface area contributed by atoms with Crippen LogP contribution in [0.2, 0.25) is 0 Å². The molecule has 1 heterocycles. The molecule has 0 saturated heterocycles. The molecule has 0 aliphatic rings. The van der Waals surface area contributed by atoms with Gasteiger partial charge in [-0.3, -0.25) is 14.4 Å². The van der Waals surface area contributed by atoms with E-state index in [-0.39, 0.29) is 6.54 Å². The summed E-state index contributed by atoms with van der Waals surface area (Å²) in [6, 6.07) is 14.8. The maximum Gasteiger partial charge on any atom is 0.246 e. The fraction of sp³-hybridized carbons (Fsp3) is 0.211. The predicted molar refractivity (Wildman–Crippen MR) is 112 cm³/mol. The number of benzene rings is 2. The Morgan fingerprint density at radius 3 is 2.43 bits per heavy atom. The lowest BCUT2D eigenvalue weighted by Crippen LogP contribution is -2.37. The molecule has 0 fully saturated rings. The molecule has 0 aliphatic carbocycles. The van der Waals surface area contributed by atoms with Crippen molar-refractivity contribution in [1.82, 2.24) is 10.2 Å². The molecule has 3 rings (SSSR count). The zero-order valence-corrected chi connectivity index (χ0v) is 17.3. The van der Waals surface area contributed by atoms with Gasteiger partial charge in [-0.25, -0.2) is 8.42 Å². The van der Waals surface area contributed by atoms with Crippen LogP contribution in [0.1, 0.15) is 11.1 Å². The van der Waals surface area contributed by atoms with Crippen molar-refractivity contribution in [3.63, 3.8) is 0 Å². The van der Waals surface area contributed by atoms with Gasteiger partial charge in [0.05, 0.1) is 11.9 Å². The van der Waals surface area contributed by atoms with E-state index < -0.39 is 15.9 Å². The van der Waals surface area contributed by atoms with Gasteiger partial charge in [0.15, 0.2) is 0 Å². The first-order valence-corrected chi connectivity index (χ1v) is 11.1. The van der Waals surface area contributed by atoms with Gasteiger partial charge in [-0.2, -0.15) is 0 Å². The van der Waals surface area contributed by atoms with Crippen molar-refractivity contribution in [2.45, 2.75) is 13.8 Å². The summed E-state index contributed by atoms with van der Waals surface area (Å²) < 4.78 is 25.4. The Labute approximate surface area is 168 Å². The molecule has 9 heteroatoms. The molecule has 7 nitrogen and oxygen atoms in total. The van der Waals surface area contributed by atoms with E-state index in [1.807, 2.05) is 44.2 Å². The van der Waals surface area contributed by atoms with Crippen LogP contribution in [0.15, 0.2) is 48.5 Å². The number of sulfonamides is 1. The molecular formula is C19H20N4O3S2. The van der Waals surface area contributed by atoms with E-state index in [1.54, 1.807) is 18.2 Å². The summed E-state index contributed by atoms with van der Waals surface area (Å²) in [4.78, 5) is 12.4. The van der Waals surface area contributed by atoms with Gasteiger partial charge in [0.1, 0.15) is 11.6 Å². The molecule has 0 saturated carbocycles. The summed E-state index contributed by atoms with van der Waals surface area (Å²) in [5, 5.41) is 11.7. The Morgan fingerprint density at radius 2 is 1.79 bits per heavy atom. The van der Waals surface area contributed by atoms with E-state index in [0.717, 1.165) is 27.3 Å². The molecular weight excluding hydrogens is 396 g/mol. The number of rotatable bonds is 6. The van der Waals surface area contributed by atoms with Crippen molar-refractivity contribution in [3.8, 4) is 10.6 Å². The van der Waals surface area contributed by atoms with Gasteiger partial charge in [0.2, 0.25) is 21.1 Å². The third-order valence-electron chi connectivity index (χ3n) is 3.95. The lowest BCUT2D eigenvalue weighted by atomic mass is 10.2. The highest BCUT2D eigenvalue weighted by Gasteiger charge is 2.21. The number of carbonyl (C=O) groups excluding carboxylic acids is 1. The maximum atomic E-state index is 12.4. The van der Waals surface area contributed by atoms with Crippen molar-refractivity contribution in [1.29, 1.82) is 0 Å². The fourth-order valence-electron chi connectivity index (χ4n) is 2.56. The molecule has 0 bridgehead atoms. The molecule has 0 aliphatic heterocycles. The molecule has 1 N–H and O–H groups in total.